The minimum absolute atomic E-state index is 0.0387. The Bertz CT molecular complexity index is 1260. The van der Waals surface area contributed by atoms with Gasteiger partial charge in [0.05, 0.1) is 40.0 Å². The molecule has 2 heterocycles. The van der Waals surface area contributed by atoms with Crippen molar-refractivity contribution in [3.8, 4) is 0 Å². The largest absolute Gasteiger partial charge is 0.379 e. The van der Waals surface area contributed by atoms with Crippen LogP contribution in [-0.4, -0.2) is 68.9 Å². The number of aromatic nitrogens is 1. The number of benzene rings is 2. The van der Waals surface area contributed by atoms with Gasteiger partial charge in [-0.25, -0.2) is 13.4 Å². The number of anilines is 1. The van der Waals surface area contributed by atoms with Crippen molar-refractivity contribution in [3.05, 3.63) is 53.6 Å². The third-order valence-corrected chi connectivity index (χ3v) is 9.54. The van der Waals surface area contributed by atoms with Gasteiger partial charge in [-0.3, -0.25) is 14.6 Å². The van der Waals surface area contributed by atoms with Gasteiger partial charge in [-0.1, -0.05) is 35.6 Å². The highest BCUT2D eigenvalue weighted by atomic mass is 32.2. The minimum atomic E-state index is -3.34. The van der Waals surface area contributed by atoms with Gasteiger partial charge in [0.25, 0.3) is 0 Å². The summed E-state index contributed by atoms with van der Waals surface area (Å²) in [6.45, 7) is 10.2. The molecule has 0 bridgehead atoms. The molecular weight excluding hydrogens is 482 g/mol. The summed E-state index contributed by atoms with van der Waals surface area (Å²) >= 11 is 1.53. The molecular formula is C26H33N3O4S2. The van der Waals surface area contributed by atoms with Gasteiger partial charge in [-0.2, -0.15) is 0 Å². The standard InChI is InChI=1S/C26H33N3O4S2/c1-19(2)35(31,32)22-10-8-21(9-11-22)18-24(30)29(13-5-12-28-14-16-33-17-15-28)26-27-25-20(3)6-4-7-23(25)34-26/h4,6-11,19H,5,12-18H2,1-3H3. The number of hydrogen-bond donors (Lipinski definition) is 0. The van der Waals surface area contributed by atoms with E-state index in [0.717, 1.165) is 60.6 Å². The second-order valence-electron chi connectivity index (χ2n) is 9.19. The molecule has 0 atom stereocenters. The molecule has 7 nitrogen and oxygen atoms in total. The predicted octanol–water partition coefficient (Wildman–Crippen LogP) is 4.08. The first-order valence-electron chi connectivity index (χ1n) is 12.0. The molecule has 0 radical (unpaired) electrons. The van der Waals surface area contributed by atoms with Gasteiger partial charge in [-0.05, 0) is 56.5 Å². The molecule has 1 aliphatic heterocycles. The molecule has 188 valence electrons. The van der Waals surface area contributed by atoms with Gasteiger partial charge < -0.3 is 4.74 Å². The van der Waals surface area contributed by atoms with Crippen LogP contribution in [0, 0.1) is 6.92 Å². The number of aryl methyl sites for hydroxylation is 1. The van der Waals surface area contributed by atoms with E-state index in [1.54, 1.807) is 43.0 Å². The van der Waals surface area contributed by atoms with Crippen molar-refractivity contribution in [2.24, 2.45) is 0 Å². The quantitative estimate of drug-likeness (QED) is 0.427. The van der Waals surface area contributed by atoms with Crippen molar-refractivity contribution < 1.29 is 17.9 Å². The zero-order valence-corrected chi connectivity index (χ0v) is 22.2. The van der Waals surface area contributed by atoms with Crippen LogP contribution in [0.5, 0.6) is 0 Å². The van der Waals surface area contributed by atoms with Crippen LogP contribution in [0.25, 0.3) is 10.2 Å². The number of hydrogen-bond acceptors (Lipinski definition) is 7. The summed E-state index contributed by atoms with van der Waals surface area (Å²) in [5, 5.41) is 0.222. The van der Waals surface area contributed by atoms with Crippen LogP contribution in [0.2, 0.25) is 0 Å². The number of nitrogens with zero attached hydrogens (tertiary/aromatic N) is 3. The molecule has 35 heavy (non-hydrogen) atoms. The van der Waals surface area contributed by atoms with Crippen LogP contribution in [0.3, 0.4) is 0 Å². The molecule has 2 aromatic carbocycles. The van der Waals surface area contributed by atoms with Gasteiger partial charge in [0.1, 0.15) is 0 Å². The zero-order chi connectivity index (χ0) is 25.0. The van der Waals surface area contributed by atoms with Crippen LogP contribution in [0.1, 0.15) is 31.4 Å². The molecule has 1 amide bonds. The fourth-order valence-corrected chi connectivity index (χ4v) is 6.28. The van der Waals surface area contributed by atoms with E-state index in [2.05, 4.69) is 4.90 Å². The summed E-state index contributed by atoms with van der Waals surface area (Å²) in [5.41, 5.74) is 2.81. The van der Waals surface area contributed by atoms with Crippen LogP contribution in [-0.2, 0) is 25.8 Å². The summed E-state index contributed by atoms with van der Waals surface area (Å²) in [6, 6.07) is 12.8. The molecule has 0 saturated carbocycles. The Morgan fingerprint density at radius 1 is 1.14 bits per heavy atom. The predicted molar refractivity (Wildman–Crippen MR) is 141 cm³/mol. The van der Waals surface area contributed by atoms with E-state index >= 15 is 0 Å². The fraction of sp³-hybridized carbons (Fsp3) is 0.462. The number of morpholine rings is 1. The number of ether oxygens (including phenoxy) is 1. The van der Waals surface area contributed by atoms with Gasteiger partial charge in [0.2, 0.25) is 5.91 Å². The summed E-state index contributed by atoms with van der Waals surface area (Å²) in [4.78, 5) is 22.7. The van der Waals surface area contributed by atoms with Crippen molar-refractivity contribution in [1.82, 2.24) is 9.88 Å². The first-order valence-corrected chi connectivity index (χ1v) is 14.4. The molecule has 1 aliphatic rings. The Balaban J connectivity index is 1.52. The van der Waals surface area contributed by atoms with Crippen molar-refractivity contribution in [2.75, 3.05) is 44.3 Å². The topological polar surface area (TPSA) is 79.8 Å². The van der Waals surface area contributed by atoms with E-state index in [1.165, 1.54) is 11.3 Å². The lowest BCUT2D eigenvalue weighted by Crippen LogP contribution is -2.39. The number of para-hydroxylation sites is 1. The number of sulfone groups is 1. The summed E-state index contributed by atoms with van der Waals surface area (Å²) in [7, 11) is -3.34. The lowest BCUT2D eigenvalue weighted by molar-refractivity contribution is -0.118. The smallest absolute Gasteiger partial charge is 0.233 e. The maximum atomic E-state index is 13.5. The van der Waals surface area contributed by atoms with Gasteiger partial charge >= 0.3 is 0 Å². The summed E-state index contributed by atoms with van der Waals surface area (Å²) in [6.07, 6.45) is 1.03. The Labute approximate surface area is 211 Å². The number of thiazole rings is 1. The summed E-state index contributed by atoms with van der Waals surface area (Å²) in [5.74, 6) is -0.0387. The second-order valence-corrected chi connectivity index (χ2v) is 12.7. The normalized spacial score (nSPS) is 15.1. The van der Waals surface area contributed by atoms with E-state index in [-0.39, 0.29) is 17.2 Å². The van der Waals surface area contributed by atoms with E-state index in [1.807, 2.05) is 25.1 Å². The first kappa shape index (κ1) is 25.8. The molecule has 0 spiro atoms. The van der Waals surface area contributed by atoms with Crippen molar-refractivity contribution in [2.45, 2.75) is 43.8 Å². The van der Waals surface area contributed by atoms with Crippen LogP contribution >= 0.6 is 11.3 Å². The van der Waals surface area contributed by atoms with Crippen molar-refractivity contribution >= 4 is 42.4 Å². The van der Waals surface area contributed by atoms with E-state index in [4.69, 9.17) is 9.72 Å². The van der Waals surface area contributed by atoms with Crippen molar-refractivity contribution in [3.63, 3.8) is 0 Å². The molecule has 3 aromatic rings. The molecule has 1 saturated heterocycles. The highest BCUT2D eigenvalue weighted by Gasteiger charge is 2.22. The third-order valence-electron chi connectivity index (χ3n) is 6.33. The third kappa shape index (κ3) is 6.09. The van der Waals surface area contributed by atoms with E-state index in [9.17, 15) is 13.2 Å². The van der Waals surface area contributed by atoms with Crippen LogP contribution in [0.15, 0.2) is 47.4 Å². The Hall–Kier alpha value is -2.33. The Morgan fingerprint density at radius 2 is 1.86 bits per heavy atom. The SMILES string of the molecule is Cc1cccc2sc(N(CCCN3CCOCC3)C(=O)Cc3ccc(S(=O)(=O)C(C)C)cc3)nc12. The Morgan fingerprint density at radius 3 is 2.51 bits per heavy atom. The fourth-order valence-electron chi connectivity index (χ4n) is 4.13. The number of carbonyl (C=O) groups excluding carboxylic acids is 1. The first-order chi connectivity index (χ1) is 16.8. The Kier molecular flexibility index (Phi) is 8.21. The monoisotopic (exact) mass is 515 g/mol. The number of fused-ring (bicyclic) bond motifs is 1. The lowest BCUT2D eigenvalue weighted by Gasteiger charge is -2.27. The average Bonchev–Trinajstić information content (AvgIpc) is 3.28. The average molecular weight is 516 g/mol. The lowest BCUT2D eigenvalue weighted by atomic mass is 10.1. The molecule has 1 fully saturated rings. The van der Waals surface area contributed by atoms with E-state index < -0.39 is 15.1 Å². The van der Waals surface area contributed by atoms with Crippen molar-refractivity contribution in [1.29, 1.82) is 0 Å². The van der Waals surface area contributed by atoms with Gasteiger partial charge in [0, 0.05) is 26.2 Å². The van der Waals surface area contributed by atoms with E-state index in [0.29, 0.717) is 11.7 Å². The molecule has 0 unspecified atom stereocenters. The zero-order valence-electron chi connectivity index (χ0n) is 20.6. The van der Waals surface area contributed by atoms with Gasteiger partial charge in [-0.15, -0.1) is 0 Å². The maximum absolute atomic E-state index is 13.5. The van der Waals surface area contributed by atoms with Gasteiger partial charge in [0.15, 0.2) is 15.0 Å². The number of carbonyl (C=O) groups is 1. The van der Waals surface area contributed by atoms with Crippen LogP contribution < -0.4 is 4.90 Å². The maximum Gasteiger partial charge on any atom is 0.233 e. The highest BCUT2D eigenvalue weighted by Crippen LogP contribution is 2.31. The summed E-state index contributed by atoms with van der Waals surface area (Å²) < 4.78 is 31.4. The molecule has 4 rings (SSSR count). The van der Waals surface area contributed by atoms with Crippen LogP contribution in [0.4, 0.5) is 5.13 Å². The number of rotatable bonds is 9. The highest BCUT2D eigenvalue weighted by molar-refractivity contribution is 7.92. The second kappa shape index (κ2) is 11.2. The molecule has 0 N–H and O–H groups in total. The molecule has 0 aliphatic carbocycles. The molecule has 1 aromatic heterocycles. The number of amides is 1. The molecule has 9 heteroatoms. The minimum Gasteiger partial charge on any atom is -0.379 e.